The summed E-state index contributed by atoms with van der Waals surface area (Å²) in [6, 6.07) is 6.30. The van der Waals surface area contributed by atoms with Gasteiger partial charge in [-0.15, -0.1) is 0 Å². The highest BCUT2D eigenvalue weighted by molar-refractivity contribution is 7.91. The zero-order valence-corrected chi connectivity index (χ0v) is 17.9. The molecule has 0 aliphatic carbocycles. The van der Waals surface area contributed by atoms with E-state index in [-0.39, 0.29) is 17.5 Å². The Labute approximate surface area is 179 Å². The Morgan fingerprint density at radius 1 is 1.16 bits per heavy atom. The van der Waals surface area contributed by atoms with Crippen molar-refractivity contribution in [1.82, 2.24) is 25.1 Å². The quantitative estimate of drug-likeness (QED) is 0.522. The zero-order valence-electron chi connectivity index (χ0n) is 17.1. The molecule has 0 aromatic carbocycles. The van der Waals surface area contributed by atoms with Gasteiger partial charge in [-0.2, -0.15) is 15.1 Å². The van der Waals surface area contributed by atoms with Crippen LogP contribution in [-0.4, -0.2) is 58.2 Å². The van der Waals surface area contributed by atoms with E-state index in [0.717, 1.165) is 5.69 Å². The van der Waals surface area contributed by atoms with Gasteiger partial charge < -0.3 is 15.5 Å². The molecular formula is C19H23FN8O2S. The van der Waals surface area contributed by atoms with Crippen LogP contribution >= 0.6 is 0 Å². The van der Waals surface area contributed by atoms with Crippen molar-refractivity contribution in [3.05, 3.63) is 47.7 Å². The summed E-state index contributed by atoms with van der Waals surface area (Å²) >= 11 is 0. The molecule has 1 saturated heterocycles. The number of aryl methyl sites for hydroxylation is 1. The van der Waals surface area contributed by atoms with Gasteiger partial charge in [0.25, 0.3) is 0 Å². The third-order valence-corrected chi connectivity index (χ3v) is 6.49. The SMILES string of the molecule is Cc1cc(Nc2nc(N[C@@H](C)c3ccc(F)cn3)cc(N3CCS(=O)(=O)CC3)n2)n[nH]1. The monoisotopic (exact) mass is 446 g/mol. The van der Waals surface area contributed by atoms with E-state index >= 15 is 0 Å². The molecule has 0 saturated carbocycles. The lowest BCUT2D eigenvalue weighted by Crippen LogP contribution is -2.40. The maximum absolute atomic E-state index is 13.2. The van der Waals surface area contributed by atoms with Crippen molar-refractivity contribution in [2.24, 2.45) is 0 Å². The molecule has 1 aliphatic heterocycles. The van der Waals surface area contributed by atoms with Crippen LogP contribution < -0.4 is 15.5 Å². The molecule has 0 amide bonds. The standard InChI is InChI=1S/C19H23FN8O2S/c1-12-9-17(27-26-12)24-19-23-16(22-13(2)15-4-3-14(20)11-21-15)10-18(25-19)28-5-7-31(29,30)8-6-28/h3-4,9-11,13H,5-8H2,1-2H3,(H3,22,23,24,25,26,27)/t13-/m0/s1. The van der Waals surface area contributed by atoms with E-state index in [1.165, 1.54) is 12.3 Å². The maximum Gasteiger partial charge on any atom is 0.232 e. The number of sulfone groups is 1. The average molecular weight is 447 g/mol. The van der Waals surface area contributed by atoms with Crippen LogP contribution in [0.3, 0.4) is 0 Å². The summed E-state index contributed by atoms with van der Waals surface area (Å²) in [5, 5.41) is 13.3. The van der Waals surface area contributed by atoms with Crippen LogP contribution in [-0.2, 0) is 9.84 Å². The van der Waals surface area contributed by atoms with E-state index < -0.39 is 15.7 Å². The first-order valence-electron chi connectivity index (χ1n) is 9.79. The van der Waals surface area contributed by atoms with Gasteiger partial charge in [0, 0.05) is 30.9 Å². The van der Waals surface area contributed by atoms with E-state index in [1.54, 1.807) is 12.1 Å². The maximum atomic E-state index is 13.2. The minimum Gasteiger partial charge on any atom is -0.362 e. The van der Waals surface area contributed by atoms with Gasteiger partial charge in [-0.3, -0.25) is 10.1 Å². The van der Waals surface area contributed by atoms with E-state index in [1.807, 2.05) is 24.8 Å². The first kappa shape index (κ1) is 21.0. The number of halogens is 1. The number of aromatic nitrogens is 5. The van der Waals surface area contributed by atoms with Crippen LogP contribution in [0.1, 0.15) is 24.4 Å². The molecular weight excluding hydrogens is 423 g/mol. The van der Waals surface area contributed by atoms with Gasteiger partial charge in [-0.1, -0.05) is 0 Å². The van der Waals surface area contributed by atoms with E-state index in [2.05, 4.69) is 35.8 Å². The van der Waals surface area contributed by atoms with Crippen molar-refractivity contribution >= 4 is 33.2 Å². The van der Waals surface area contributed by atoms with E-state index in [4.69, 9.17) is 0 Å². The Balaban J connectivity index is 1.61. The number of nitrogens with zero attached hydrogens (tertiary/aromatic N) is 5. The number of H-pyrrole nitrogens is 1. The van der Waals surface area contributed by atoms with Crippen LogP contribution in [0.25, 0.3) is 0 Å². The Kier molecular flexibility index (Phi) is 5.72. The first-order valence-corrected chi connectivity index (χ1v) is 11.6. The lowest BCUT2D eigenvalue weighted by Gasteiger charge is -2.28. The third kappa shape index (κ3) is 5.26. The number of rotatable bonds is 6. The second kappa shape index (κ2) is 8.46. The van der Waals surface area contributed by atoms with Gasteiger partial charge >= 0.3 is 0 Å². The number of anilines is 4. The lowest BCUT2D eigenvalue weighted by atomic mass is 10.2. The molecule has 1 aliphatic rings. The van der Waals surface area contributed by atoms with Gasteiger partial charge in [-0.05, 0) is 26.0 Å². The summed E-state index contributed by atoms with van der Waals surface area (Å²) in [5.74, 6) is 1.76. The fraction of sp³-hybridized carbons (Fsp3) is 0.368. The highest BCUT2D eigenvalue weighted by Gasteiger charge is 2.24. The van der Waals surface area contributed by atoms with Crippen LogP contribution in [0.15, 0.2) is 30.5 Å². The smallest absolute Gasteiger partial charge is 0.232 e. The minimum atomic E-state index is -3.02. The Bertz CT molecular complexity index is 1150. The summed E-state index contributed by atoms with van der Waals surface area (Å²) < 4.78 is 36.8. The fourth-order valence-corrected chi connectivity index (χ4v) is 4.40. The van der Waals surface area contributed by atoms with Crippen molar-refractivity contribution in [2.45, 2.75) is 19.9 Å². The molecule has 12 heteroatoms. The molecule has 1 atom stereocenters. The van der Waals surface area contributed by atoms with Gasteiger partial charge in [-0.25, -0.2) is 12.8 Å². The summed E-state index contributed by atoms with van der Waals surface area (Å²) in [7, 11) is -3.02. The normalized spacial score (nSPS) is 16.7. The molecule has 0 bridgehead atoms. The minimum absolute atomic E-state index is 0.0803. The van der Waals surface area contributed by atoms with Crippen molar-refractivity contribution in [3.8, 4) is 0 Å². The summed E-state index contributed by atoms with van der Waals surface area (Å²) in [5.41, 5.74) is 1.54. The van der Waals surface area contributed by atoms with Gasteiger partial charge in [0.1, 0.15) is 17.5 Å². The van der Waals surface area contributed by atoms with Crippen molar-refractivity contribution in [1.29, 1.82) is 0 Å². The van der Waals surface area contributed by atoms with Crippen molar-refractivity contribution in [3.63, 3.8) is 0 Å². The molecule has 31 heavy (non-hydrogen) atoms. The largest absolute Gasteiger partial charge is 0.362 e. The molecule has 3 aromatic heterocycles. The Morgan fingerprint density at radius 2 is 1.94 bits per heavy atom. The van der Waals surface area contributed by atoms with Crippen LogP contribution in [0, 0.1) is 12.7 Å². The van der Waals surface area contributed by atoms with Gasteiger partial charge in [0.2, 0.25) is 5.95 Å². The molecule has 3 aromatic rings. The molecule has 4 heterocycles. The first-order chi connectivity index (χ1) is 14.8. The number of pyridine rings is 1. The third-order valence-electron chi connectivity index (χ3n) is 4.89. The van der Waals surface area contributed by atoms with Crippen molar-refractivity contribution in [2.75, 3.05) is 40.1 Å². The molecule has 10 nitrogen and oxygen atoms in total. The topological polar surface area (TPSA) is 129 Å². The van der Waals surface area contributed by atoms with Crippen LogP contribution in [0.4, 0.5) is 27.8 Å². The summed E-state index contributed by atoms with van der Waals surface area (Å²) in [6.07, 6.45) is 1.17. The molecule has 1 fully saturated rings. The summed E-state index contributed by atoms with van der Waals surface area (Å²) in [6.45, 7) is 4.48. The highest BCUT2D eigenvalue weighted by Crippen LogP contribution is 2.24. The second-order valence-electron chi connectivity index (χ2n) is 7.40. The number of hydrogen-bond acceptors (Lipinski definition) is 9. The Morgan fingerprint density at radius 3 is 2.58 bits per heavy atom. The van der Waals surface area contributed by atoms with Gasteiger partial charge in [0.05, 0.1) is 29.4 Å². The molecule has 0 unspecified atom stereocenters. The second-order valence-corrected chi connectivity index (χ2v) is 9.71. The molecule has 3 N–H and O–H groups in total. The van der Waals surface area contributed by atoms with E-state index in [9.17, 15) is 12.8 Å². The average Bonchev–Trinajstić information content (AvgIpc) is 3.12. The molecule has 0 radical (unpaired) electrons. The number of nitrogens with one attached hydrogen (secondary N) is 3. The van der Waals surface area contributed by atoms with Gasteiger partial charge in [0.15, 0.2) is 15.7 Å². The van der Waals surface area contributed by atoms with Crippen LogP contribution in [0.5, 0.6) is 0 Å². The predicted octanol–water partition coefficient (Wildman–Crippen LogP) is 2.19. The Hall–Kier alpha value is -3.28. The van der Waals surface area contributed by atoms with E-state index in [0.29, 0.717) is 42.2 Å². The number of hydrogen-bond donors (Lipinski definition) is 3. The summed E-state index contributed by atoms with van der Waals surface area (Å²) in [4.78, 5) is 15.1. The lowest BCUT2D eigenvalue weighted by molar-refractivity contribution is 0.586. The molecule has 164 valence electrons. The molecule has 0 spiro atoms. The van der Waals surface area contributed by atoms with Crippen LogP contribution in [0.2, 0.25) is 0 Å². The highest BCUT2D eigenvalue weighted by atomic mass is 32.2. The number of aromatic amines is 1. The predicted molar refractivity (Wildman–Crippen MR) is 116 cm³/mol. The molecule has 4 rings (SSSR count). The fourth-order valence-electron chi connectivity index (χ4n) is 3.20. The van der Waals surface area contributed by atoms with Crippen molar-refractivity contribution < 1.29 is 12.8 Å². The zero-order chi connectivity index (χ0) is 22.0.